The highest BCUT2D eigenvalue weighted by Gasteiger charge is 2.35. The van der Waals surface area contributed by atoms with Crippen molar-refractivity contribution in [1.29, 1.82) is 0 Å². The summed E-state index contributed by atoms with van der Waals surface area (Å²) in [7, 11) is 0. The first-order chi connectivity index (χ1) is 5.82. The quantitative estimate of drug-likeness (QED) is 0.658. The van der Waals surface area contributed by atoms with E-state index < -0.39 is 0 Å². The Hall–Kier alpha value is -0.570. The van der Waals surface area contributed by atoms with Crippen LogP contribution in [-0.4, -0.2) is 35.1 Å². The van der Waals surface area contributed by atoms with Gasteiger partial charge in [-0.15, -0.1) is 0 Å². The second kappa shape index (κ2) is 3.29. The Balaban J connectivity index is 2.49. The molecule has 0 saturated carbocycles. The molecule has 0 aromatic rings. The maximum Gasteiger partial charge on any atom is 0.226 e. The maximum atomic E-state index is 11.7. The van der Waals surface area contributed by atoms with Crippen molar-refractivity contribution >= 4 is 5.91 Å². The monoisotopic (exact) mass is 185 g/mol. The van der Waals surface area contributed by atoms with E-state index in [1.54, 1.807) is 4.90 Å². The van der Waals surface area contributed by atoms with E-state index >= 15 is 0 Å². The van der Waals surface area contributed by atoms with Crippen molar-refractivity contribution in [3.8, 4) is 0 Å². The lowest BCUT2D eigenvalue weighted by Crippen LogP contribution is -2.56. The first-order valence-corrected chi connectivity index (χ1v) is 4.79. The second-order valence-electron chi connectivity index (χ2n) is 4.98. The van der Waals surface area contributed by atoms with Crippen LogP contribution in [0.15, 0.2) is 0 Å². The number of aliphatic hydroxyl groups is 1. The second-order valence-corrected chi connectivity index (χ2v) is 4.98. The Bertz CT molecular complexity index is 201. The molecule has 1 N–H and O–H groups in total. The minimum atomic E-state index is -0.295. The van der Waals surface area contributed by atoms with Crippen molar-refractivity contribution in [1.82, 2.24) is 4.90 Å². The fourth-order valence-electron chi connectivity index (χ4n) is 1.28. The van der Waals surface area contributed by atoms with E-state index in [1.807, 2.05) is 6.92 Å². The summed E-state index contributed by atoms with van der Waals surface area (Å²) in [5, 5.41) is 9.06. The average Bonchev–Trinajstić information content (AvgIpc) is 1.94. The smallest absolute Gasteiger partial charge is 0.226 e. The fraction of sp³-hybridized carbons (Fsp3) is 0.900. The zero-order valence-corrected chi connectivity index (χ0v) is 8.87. The molecule has 1 fully saturated rings. The van der Waals surface area contributed by atoms with Gasteiger partial charge in [0.25, 0.3) is 0 Å². The number of rotatable bonds is 1. The molecule has 13 heavy (non-hydrogen) atoms. The van der Waals surface area contributed by atoms with Crippen molar-refractivity contribution in [2.24, 2.45) is 11.3 Å². The number of hydrogen-bond acceptors (Lipinski definition) is 2. The van der Waals surface area contributed by atoms with E-state index in [4.69, 9.17) is 5.11 Å². The summed E-state index contributed by atoms with van der Waals surface area (Å²) in [5.74, 6) is 0.192. The van der Waals surface area contributed by atoms with Crippen LogP contribution >= 0.6 is 0 Å². The summed E-state index contributed by atoms with van der Waals surface area (Å²) < 4.78 is 0. The third-order valence-corrected chi connectivity index (χ3v) is 2.84. The van der Waals surface area contributed by atoms with E-state index in [-0.39, 0.29) is 23.3 Å². The van der Waals surface area contributed by atoms with Crippen LogP contribution in [0.2, 0.25) is 0 Å². The Morgan fingerprint density at radius 2 is 1.92 bits per heavy atom. The lowest BCUT2D eigenvalue weighted by molar-refractivity contribution is -0.148. The maximum absolute atomic E-state index is 11.7. The average molecular weight is 185 g/mol. The van der Waals surface area contributed by atoms with Crippen molar-refractivity contribution < 1.29 is 9.90 Å². The van der Waals surface area contributed by atoms with Gasteiger partial charge in [0.05, 0.1) is 6.10 Å². The normalized spacial score (nSPS) is 21.2. The van der Waals surface area contributed by atoms with Crippen LogP contribution < -0.4 is 0 Å². The molecule has 0 bridgehead atoms. The van der Waals surface area contributed by atoms with Crippen LogP contribution in [0.25, 0.3) is 0 Å². The molecule has 1 heterocycles. The number of hydrogen-bond donors (Lipinski definition) is 1. The fourth-order valence-corrected chi connectivity index (χ4v) is 1.28. The molecule has 1 amide bonds. The number of aliphatic hydroxyl groups excluding tert-OH is 1. The number of carbonyl (C=O) groups is 1. The van der Waals surface area contributed by atoms with Crippen LogP contribution in [-0.2, 0) is 4.79 Å². The summed E-state index contributed by atoms with van der Waals surface area (Å²) in [6.07, 6.45) is -0.295. The Kier molecular flexibility index (Phi) is 2.66. The van der Waals surface area contributed by atoms with Crippen molar-refractivity contribution in [2.75, 3.05) is 13.1 Å². The number of carbonyl (C=O) groups excluding carboxylic acids is 1. The standard InChI is InChI=1S/C10H19NO2/c1-7(10(2,3)4)9(13)11-5-8(12)6-11/h7-8,12H,5-6H2,1-4H3/t7-/m1/s1. The highest BCUT2D eigenvalue weighted by Crippen LogP contribution is 2.28. The van der Waals surface area contributed by atoms with E-state index in [0.717, 1.165) is 0 Å². The summed E-state index contributed by atoms with van der Waals surface area (Å²) in [6, 6.07) is 0. The molecule has 0 aromatic heterocycles. The predicted octanol–water partition coefficient (Wildman–Crippen LogP) is 0.872. The lowest BCUT2D eigenvalue weighted by Gasteiger charge is -2.40. The van der Waals surface area contributed by atoms with Gasteiger partial charge in [-0.05, 0) is 5.41 Å². The highest BCUT2D eigenvalue weighted by molar-refractivity contribution is 5.80. The van der Waals surface area contributed by atoms with Gasteiger partial charge in [-0.3, -0.25) is 4.79 Å². The van der Waals surface area contributed by atoms with Gasteiger partial charge >= 0.3 is 0 Å². The molecule has 76 valence electrons. The molecule has 3 heteroatoms. The topological polar surface area (TPSA) is 40.5 Å². The SMILES string of the molecule is C[C@H](C(=O)N1CC(O)C1)C(C)(C)C. The highest BCUT2D eigenvalue weighted by atomic mass is 16.3. The lowest BCUT2D eigenvalue weighted by atomic mass is 9.81. The first-order valence-electron chi connectivity index (χ1n) is 4.79. The molecule has 1 rings (SSSR count). The Morgan fingerprint density at radius 3 is 2.23 bits per heavy atom. The molecule has 0 unspecified atom stereocenters. The summed E-state index contributed by atoms with van der Waals surface area (Å²) in [4.78, 5) is 13.5. The van der Waals surface area contributed by atoms with Crippen LogP contribution in [0.5, 0.6) is 0 Å². The summed E-state index contributed by atoms with van der Waals surface area (Å²) in [6.45, 7) is 9.16. The molecule has 0 spiro atoms. The van der Waals surface area contributed by atoms with E-state index in [9.17, 15) is 4.79 Å². The van der Waals surface area contributed by atoms with Crippen molar-refractivity contribution in [2.45, 2.75) is 33.8 Å². The molecule has 0 radical (unpaired) electrons. The van der Waals surface area contributed by atoms with Crippen LogP contribution in [0, 0.1) is 11.3 Å². The van der Waals surface area contributed by atoms with Crippen LogP contribution in [0.4, 0.5) is 0 Å². The van der Waals surface area contributed by atoms with Gasteiger partial charge in [-0.1, -0.05) is 27.7 Å². The Labute approximate surface area is 79.7 Å². The third kappa shape index (κ3) is 2.21. The zero-order valence-electron chi connectivity index (χ0n) is 8.87. The summed E-state index contributed by atoms with van der Waals surface area (Å²) in [5.41, 5.74) is 0.0115. The molecular weight excluding hydrogens is 166 g/mol. The van der Waals surface area contributed by atoms with Crippen molar-refractivity contribution in [3.05, 3.63) is 0 Å². The van der Waals surface area contributed by atoms with Gasteiger partial charge in [0.1, 0.15) is 0 Å². The van der Waals surface area contributed by atoms with E-state index in [1.165, 1.54) is 0 Å². The van der Waals surface area contributed by atoms with Gasteiger partial charge in [0.15, 0.2) is 0 Å². The van der Waals surface area contributed by atoms with Crippen LogP contribution in [0.1, 0.15) is 27.7 Å². The molecule has 1 aliphatic heterocycles. The molecule has 1 aliphatic rings. The molecule has 0 aliphatic carbocycles. The van der Waals surface area contributed by atoms with Gasteiger partial charge < -0.3 is 10.0 Å². The number of nitrogens with zero attached hydrogens (tertiary/aromatic N) is 1. The molecular formula is C10H19NO2. The van der Waals surface area contributed by atoms with Gasteiger partial charge in [-0.25, -0.2) is 0 Å². The minimum absolute atomic E-state index is 0.0115. The van der Waals surface area contributed by atoms with Crippen LogP contribution in [0.3, 0.4) is 0 Å². The number of β-amino-alcohol motifs (C(OH)–C–C–N with tert-alkyl or cyclic N) is 1. The third-order valence-electron chi connectivity index (χ3n) is 2.84. The van der Waals surface area contributed by atoms with Gasteiger partial charge in [0, 0.05) is 19.0 Å². The molecule has 1 atom stereocenters. The first kappa shape index (κ1) is 10.5. The van der Waals surface area contributed by atoms with Gasteiger partial charge in [-0.2, -0.15) is 0 Å². The molecule has 1 saturated heterocycles. The van der Waals surface area contributed by atoms with Gasteiger partial charge in [0.2, 0.25) is 5.91 Å². The minimum Gasteiger partial charge on any atom is -0.389 e. The van der Waals surface area contributed by atoms with Crippen molar-refractivity contribution in [3.63, 3.8) is 0 Å². The largest absolute Gasteiger partial charge is 0.389 e. The summed E-state index contributed by atoms with van der Waals surface area (Å²) >= 11 is 0. The van der Waals surface area contributed by atoms with E-state index in [0.29, 0.717) is 13.1 Å². The Morgan fingerprint density at radius 1 is 1.46 bits per heavy atom. The number of likely N-dealkylation sites (tertiary alicyclic amines) is 1. The van der Waals surface area contributed by atoms with E-state index in [2.05, 4.69) is 20.8 Å². The molecule has 0 aromatic carbocycles. The predicted molar refractivity (Wildman–Crippen MR) is 51.2 cm³/mol. The number of amides is 1. The zero-order chi connectivity index (χ0) is 10.2. The molecule has 3 nitrogen and oxygen atoms in total.